The first-order chi connectivity index (χ1) is 4.72. The predicted octanol–water partition coefficient (Wildman–Crippen LogP) is 1.73. The first-order valence-corrected chi connectivity index (χ1v) is 3.51. The van der Waals surface area contributed by atoms with Gasteiger partial charge >= 0.3 is 6.09 Å². The molecular formula is C7H17NO2. The minimum atomic E-state index is -0.285. The number of ether oxygens (including phenoxy) is 1. The van der Waals surface area contributed by atoms with Crippen molar-refractivity contribution in [3.8, 4) is 0 Å². The van der Waals surface area contributed by atoms with Crippen LogP contribution >= 0.6 is 0 Å². The lowest BCUT2D eigenvalue weighted by Gasteiger charge is -2.10. The van der Waals surface area contributed by atoms with E-state index in [0.717, 1.165) is 0 Å². The molecule has 0 unspecified atom stereocenters. The molecule has 0 saturated heterocycles. The molecule has 62 valence electrons. The van der Waals surface area contributed by atoms with E-state index in [9.17, 15) is 4.79 Å². The van der Waals surface area contributed by atoms with E-state index in [-0.39, 0.29) is 6.09 Å². The fourth-order valence-corrected chi connectivity index (χ4v) is 0.285. The van der Waals surface area contributed by atoms with Gasteiger partial charge in [-0.05, 0) is 6.92 Å². The molecule has 0 heterocycles. The smallest absolute Gasteiger partial charge is 0.409 e. The summed E-state index contributed by atoms with van der Waals surface area (Å²) in [7, 11) is 3.06. The zero-order valence-corrected chi connectivity index (χ0v) is 7.47. The topological polar surface area (TPSA) is 29.5 Å². The molecule has 0 atom stereocenters. The maximum atomic E-state index is 10.4. The van der Waals surface area contributed by atoms with E-state index in [1.807, 2.05) is 20.8 Å². The number of methoxy groups -OCH3 is 1. The molecule has 10 heavy (non-hydrogen) atoms. The van der Waals surface area contributed by atoms with Crippen LogP contribution in [0, 0.1) is 0 Å². The second-order valence-electron chi connectivity index (χ2n) is 1.48. The highest BCUT2D eigenvalue weighted by Crippen LogP contribution is 1.84. The molecule has 3 nitrogen and oxygen atoms in total. The molecule has 0 fully saturated rings. The van der Waals surface area contributed by atoms with E-state index in [4.69, 9.17) is 0 Å². The Morgan fingerprint density at radius 2 is 1.90 bits per heavy atom. The Labute approximate surface area is 63.0 Å². The Hall–Kier alpha value is -0.730. The normalized spacial score (nSPS) is 7.30. The molecule has 0 spiro atoms. The highest BCUT2D eigenvalue weighted by molar-refractivity contribution is 5.66. The molecule has 0 aromatic carbocycles. The van der Waals surface area contributed by atoms with Crippen LogP contribution in [0.25, 0.3) is 0 Å². The molecule has 0 rings (SSSR count). The number of hydrogen-bond acceptors (Lipinski definition) is 2. The van der Waals surface area contributed by atoms with Gasteiger partial charge in [-0.3, -0.25) is 0 Å². The predicted molar refractivity (Wildman–Crippen MR) is 42.1 cm³/mol. The zero-order chi connectivity index (χ0) is 8.57. The summed E-state index contributed by atoms with van der Waals surface area (Å²) in [5.41, 5.74) is 0. The number of nitrogens with zero attached hydrogens (tertiary/aromatic N) is 1. The van der Waals surface area contributed by atoms with Gasteiger partial charge in [-0.15, -0.1) is 0 Å². The van der Waals surface area contributed by atoms with Crippen LogP contribution in [0.1, 0.15) is 20.8 Å². The first-order valence-electron chi connectivity index (χ1n) is 3.51. The number of amides is 1. The van der Waals surface area contributed by atoms with Gasteiger partial charge in [0.25, 0.3) is 0 Å². The Morgan fingerprint density at radius 3 is 2.00 bits per heavy atom. The molecule has 0 aliphatic heterocycles. The van der Waals surface area contributed by atoms with Gasteiger partial charge in [0.2, 0.25) is 0 Å². The minimum Gasteiger partial charge on any atom is -0.453 e. The number of rotatable bonds is 1. The monoisotopic (exact) mass is 147 g/mol. The third kappa shape index (κ3) is 5.41. The molecule has 1 amide bonds. The van der Waals surface area contributed by atoms with Crippen LogP contribution in [-0.4, -0.2) is 31.7 Å². The molecule has 0 N–H and O–H groups in total. The lowest BCUT2D eigenvalue weighted by atomic mass is 10.7. The Morgan fingerprint density at radius 1 is 1.50 bits per heavy atom. The zero-order valence-electron chi connectivity index (χ0n) is 7.47. The molecule has 0 aliphatic carbocycles. The van der Waals surface area contributed by atoms with Gasteiger partial charge in [0.1, 0.15) is 0 Å². The van der Waals surface area contributed by atoms with Crippen molar-refractivity contribution in [2.45, 2.75) is 20.8 Å². The van der Waals surface area contributed by atoms with Crippen LogP contribution in [0.3, 0.4) is 0 Å². The SMILES string of the molecule is CC.CCN(C)C(=O)OC. The van der Waals surface area contributed by atoms with Gasteiger partial charge in [-0.25, -0.2) is 4.79 Å². The fraction of sp³-hybridized carbons (Fsp3) is 0.857. The lowest BCUT2D eigenvalue weighted by Crippen LogP contribution is -2.25. The maximum absolute atomic E-state index is 10.4. The van der Waals surface area contributed by atoms with Gasteiger partial charge in [-0.2, -0.15) is 0 Å². The summed E-state index contributed by atoms with van der Waals surface area (Å²) in [6, 6.07) is 0. The Kier molecular flexibility index (Phi) is 9.92. The van der Waals surface area contributed by atoms with Gasteiger partial charge in [0.15, 0.2) is 0 Å². The number of carbonyl (C=O) groups excluding carboxylic acids is 1. The van der Waals surface area contributed by atoms with E-state index in [2.05, 4.69) is 4.74 Å². The second kappa shape index (κ2) is 8.27. The van der Waals surface area contributed by atoms with Crippen molar-refractivity contribution < 1.29 is 9.53 Å². The highest BCUT2D eigenvalue weighted by atomic mass is 16.5. The molecule has 0 bridgehead atoms. The standard InChI is InChI=1S/C5H11NO2.C2H6/c1-4-6(2)5(7)8-3;1-2/h4H2,1-3H3;1-2H3. The van der Waals surface area contributed by atoms with Crippen LogP contribution in [0.4, 0.5) is 4.79 Å². The van der Waals surface area contributed by atoms with Crippen molar-refractivity contribution in [1.29, 1.82) is 0 Å². The number of hydrogen-bond donors (Lipinski definition) is 0. The quantitative estimate of drug-likeness (QED) is 0.565. The molecule has 0 aromatic rings. The molecule has 0 aromatic heterocycles. The van der Waals surface area contributed by atoms with Crippen molar-refractivity contribution in [3.63, 3.8) is 0 Å². The second-order valence-corrected chi connectivity index (χ2v) is 1.48. The van der Waals surface area contributed by atoms with Crippen LogP contribution in [-0.2, 0) is 4.74 Å². The summed E-state index contributed by atoms with van der Waals surface area (Å²) >= 11 is 0. The summed E-state index contributed by atoms with van der Waals surface area (Å²) in [5, 5.41) is 0. The first kappa shape index (κ1) is 12.0. The summed E-state index contributed by atoms with van der Waals surface area (Å²) in [6.45, 7) is 6.57. The lowest BCUT2D eigenvalue weighted by molar-refractivity contribution is 0.135. The molecule has 0 saturated carbocycles. The fourth-order valence-electron chi connectivity index (χ4n) is 0.285. The average molecular weight is 147 g/mol. The average Bonchev–Trinajstić information content (AvgIpc) is 2.05. The van der Waals surface area contributed by atoms with Crippen LogP contribution in [0.2, 0.25) is 0 Å². The third-order valence-electron chi connectivity index (χ3n) is 0.961. The van der Waals surface area contributed by atoms with Crippen molar-refractivity contribution in [2.75, 3.05) is 20.7 Å². The van der Waals surface area contributed by atoms with Crippen molar-refractivity contribution in [1.82, 2.24) is 4.90 Å². The van der Waals surface area contributed by atoms with Crippen molar-refractivity contribution in [3.05, 3.63) is 0 Å². The van der Waals surface area contributed by atoms with E-state index >= 15 is 0 Å². The van der Waals surface area contributed by atoms with Gasteiger partial charge < -0.3 is 9.64 Å². The van der Waals surface area contributed by atoms with Crippen LogP contribution in [0.5, 0.6) is 0 Å². The van der Waals surface area contributed by atoms with Gasteiger partial charge in [0, 0.05) is 13.6 Å². The summed E-state index contributed by atoms with van der Waals surface area (Å²) in [6.07, 6.45) is -0.285. The number of carbonyl (C=O) groups is 1. The van der Waals surface area contributed by atoms with Crippen LogP contribution < -0.4 is 0 Å². The van der Waals surface area contributed by atoms with Gasteiger partial charge in [-0.1, -0.05) is 13.8 Å². The van der Waals surface area contributed by atoms with E-state index in [1.54, 1.807) is 7.05 Å². The third-order valence-corrected chi connectivity index (χ3v) is 0.961. The van der Waals surface area contributed by atoms with E-state index < -0.39 is 0 Å². The largest absolute Gasteiger partial charge is 0.453 e. The maximum Gasteiger partial charge on any atom is 0.409 e. The molecule has 3 heteroatoms. The molecule has 0 radical (unpaired) electrons. The van der Waals surface area contributed by atoms with Crippen LogP contribution in [0.15, 0.2) is 0 Å². The Balaban J connectivity index is 0. The van der Waals surface area contributed by atoms with E-state index in [0.29, 0.717) is 6.54 Å². The summed E-state index contributed by atoms with van der Waals surface area (Å²) in [5.74, 6) is 0. The summed E-state index contributed by atoms with van der Waals surface area (Å²) < 4.78 is 4.39. The Bertz CT molecular complexity index is 83.7. The van der Waals surface area contributed by atoms with E-state index in [1.165, 1.54) is 12.0 Å². The summed E-state index contributed by atoms with van der Waals surface area (Å²) in [4.78, 5) is 11.9. The van der Waals surface area contributed by atoms with Gasteiger partial charge in [0.05, 0.1) is 7.11 Å². The highest BCUT2D eigenvalue weighted by Gasteiger charge is 2.01. The minimum absolute atomic E-state index is 0.285. The van der Waals surface area contributed by atoms with Crippen molar-refractivity contribution in [2.24, 2.45) is 0 Å². The van der Waals surface area contributed by atoms with Crippen molar-refractivity contribution >= 4 is 6.09 Å². The molecular weight excluding hydrogens is 130 g/mol. The molecule has 0 aliphatic rings.